The number of ether oxygens (including phenoxy) is 1. The molecule has 0 radical (unpaired) electrons. The van der Waals surface area contributed by atoms with E-state index >= 15 is 0 Å². The summed E-state index contributed by atoms with van der Waals surface area (Å²) in [6.07, 6.45) is 0.989. The molecule has 0 saturated heterocycles. The van der Waals surface area contributed by atoms with Crippen LogP contribution in [0.4, 0.5) is 10.8 Å². The quantitative estimate of drug-likeness (QED) is 0.186. The van der Waals surface area contributed by atoms with Crippen molar-refractivity contribution in [1.82, 2.24) is 9.29 Å². The first-order valence-electron chi connectivity index (χ1n) is 11.1. The van der Waals surface area contributed by atoms with E-state index in [1.807, 2.05) is 0 Å². The molecule has 1 aromatic heterocycles. The molecule has 14 nitrogen and oxygen atoms in total. The van der Waals surface area contributed by atoms with Gasteiger partial charge in [0.05, 0.1) is 20.9 Å². The lowest BCUT2D eigenvalue weighted by molar-refractivity contribution is -0.384. The number of anilines is 1. The van der Waals surface area contributed by atoms with E-state index in [0.717, 1.165) is 53.0 Å². The number of non-ortho nitro benzene ring substituents is 1. The lowest BCUT2D eigenvalue weighted by Crippen LogP contribution is -2.30. The van der Waals surface area contributed by atoms with Gasteiger partial charge in [0.2, 0.25) is 19.9 Å². The second-order valence-corrected chi connectivity index (χ2v) is 12.8. The standard InChI is InChI=1S/C22H22N4O10S3/c1-3-25(4-2)39(34,35)16-9-10-18(27)17(11-16)21(29)36-13-19(28)24-22-23-12-20(37-22)38(32,33)15-7-5-14(6-8-15)26(30)31/h5-12,27H,3-4,13H2,1-2H3,(H,23,24,28). The van der Waals surface area contributed by atoms with Crippen LogP contribution >= 0.6 is 11.3 Å². The molecule has 0 aliphatic heterocycles. The van der Waals surface area contributed by atoms with Gasteiger partial charge in [0.1, 0.15) is 15.5 Å². The van der Waals surface area contributed by atoms with Crippen LogP contribution in [0.1, 0.15) is 24.2 Å². The maximum atomic E-state index is 12.7. The topological polar surface area (TPSA) is 203 Å². The zero-order valence-corrected chi connectivity index (χ0v) is 22.9. The molecule has 0 aliphatic carbocycles. The minimum atomic E-state index is -4.07. The van der Waals surface area contributed by atoms with Gasteiger partial charge >= 0.3 is 5.97 Å². The molecule has 1 heterocycles. The average molecular weight is 599 g/mol. The van der Waals surface area contributed by atoms with Crippen molar-refractivity contribution in [3.05, 3.63) is 64.3 Å². The Morgan fingerprint density at radius 1 is 1.08 bits per heavy atom. The second kappa shape index (κ2) is 11.9. The van der Waals surface area contributed by atoms with Crippen LogP contribution < -0.4 is 5.32 Å². The number of benzene rings is 2. The van der Waals surface area contributed by atoms with Crippen LogP contribution in [0, 0.1) is 10.1 Å². The van der Waals surface area contributed by atoms with Gasteiger partial charge in [-0.2, -0.15) is 4.31 Å². The Kier molecular flexibility index (Phi) is 9.00. The molecular formula is C22H22N4O10S3. The van der Waals surface area contributed by atoms with Crippen molar-refractivity contribution in [2.75, 3.05) is 25.0 Å². The highest BCUT2D eigenvalue weighted by molar-refractivity contribution is 7.93. The van der Waals surface area contributed by atoms with E-state index in [4.69, 9.17) is 4.74 Å². The zero-order chi connectivity index (χ0) is 29.0. The summed E-state index contributed by atoms with van der Waals surface area (Å²) in [6.45, 7) is 2.81. The number of nitrogens with one attached hydrogen (secondary N) is 1. The lowest BCUT2D eigenvalue weighted by atomic mass is 10.2. The summed E-state index contributed by atoms with van der Waals surface area (Å²) in [5, 5.41) is 22.9. The summed E-state index contributed by atoms with van der Waals surface area (Å²) >= 11 is 0.601. The van der Waals surface area contributed by atoms with E-state index in [-0.39, 0.29) is 37.9 Å². The molecule has 1 amide bonds. The molecule has 3 aromatic rings. The van der Waals surface area contributed by atoms with Crippen LogP contribution in [0.2, 0.25) is 0 Å². The van der Waals surface area contributed by atoms with Crippen LogP contribution in [0.3, 0.4) is 0 Å². The predicted molar refractivity (Wildman–Crippen MR) is 138 cm³/mol. The van der Waals surface area contributed by atoms with Gasteiger partial charge in [0, 0.05) is 25.2 Å². The van der Waals surface area contributed by atoms with Crippen molar-refractivity contribution >= 4 is 53.9 Å². The summed E-state index contributed by atoms with van der Waals surface area (Å²) in [6, 6.07) is 7.33. The maximum Gasteiger partial charge on any atom is 0.342 e. The van der Waals surface area contributed by atoms with E-state index in [1.54, 1.807) is 13.8 Å². The highest BCUT2D eigenvalue weighted by Crippen LogP contribution is 2.29. The number of rotatable bonds is 11. The molecule has 2 N–H and O–H groups in total. The molecule has 3 rings (SSSR count). The van der Waals surface area contributed by atoms with Crippen molar-refractivity contribution in [3.8, 4) is 5.75 Å². The van der Waals surface area contributed by atoms with Crippen molar-refractivity contribution in [1.29, 1.82) is 0 Å². The van der Waals surface area contributed by atoms with Crippen molar-refractivity contribution in [3.63, 3.8) is 0 Å². The number of thiazole rings is 1. The number of hydrogen-bond donors (Lipinski definition) is 2. The smallest absolute Gasteiger partial charge is 0.342 e. The molecule has 0 aliphatic rings. The first-order valence-corrected chi connectivity index (χ1v) is 14.8. The number of aromatic nitrogens is 1. The lowest BCUT2D eigenvalue weighted by Gasteiger charge is -2.18. The highest BCUT2D eigenvalue weighted by atomic mass is 32.2. The minimum Gasteiger partial charge on any atom is -0.507 e. The molecule has 0 fully saturated rings. The van der Waals surface area contributed by atoms with E-state index in [2.05, 4.69) is 10.3 Å². The van der Waals surface area contributed by atoms with Crippen molar-refractivity contribution < 1.29 is 41.2 Å². The Morgan fingerprint density at radius 3 is 2.28 bits per heavy atom. The van der Waals surface area contributed by atoms with Crippen LogP contribution in [-0.4, -0.2) is 67.7 Å². The Bertz CT molecular complexity index is 1610. The van der Waals surface area contributed by atoms with Gasteiger partial charge in [0.25, 0.3) is 11.6 Å². The van der Waals surface area contributed by atoms with Crippen molar-refractivity contribution in [2.24, 2.45) is 0 Å². The van der Waals surface area contributed by atoms with E-state index in [1.165, 1.54) is 0 Å². The number of carbonyl (C=O) groups is 2. The molecule has 17 heteroatoms. The molecule has 0 atom stereocenters. The van der Waals surface area contributed by atoms with Gasteiger partial charge in [0.15, 0.2) is 11.7 Å². The zero-order valence-electron chi connectivity index (χ0n) is 20.4. The van der Waals surface area contributed by atoms with E-state index in [0.29, 0.717) is 11.3 Å². The van der Waals surface area contributed by atoms with Crippen LogP contribution in [0.5, 0.6) is 5.75 Å². The van der Waals surface area contributed by atoms with Crippen molar-refractivity contribution in [2.45, 2.75) is 27.8 Å². The van der Waals surface area contributed by atoms with Crippen LogP contribution in [-0.2, 0) is 29.4 Å². The highest BCUT2D eigenvalue weighted by Gasteiger charge is 2.26. The van der Waals surface area contributed by atoms with Crippen LogP contribution in [0.15, 0.2) is 62.7 Å². The number of amides is 1. The monoisotopic (exact) mass is 598 g/mol. The largest absolute Gasteiger partial charge is 0.507 e. The van der Waals surface area contributed by atoms with Gasteiger partial charge in [-0.1, -0.05) is 25.2 Å². The van der Waals surface area contributed by atoms with Crippen LogP contribution in [0.25, 0.3) is 0 Å². The number of nitro benzene ring substituents is 1. The van der Waals surface area contributed by atoms with Gasteiger partial charge in [-0.3, -0.25) is 20.2 Å². The number of sulfonamides is 1. The van der Waals surface area contributed by atoms with Gasteiger partial charge in [-0.25, -0.2) is 26.6 Å². The Morgan fingerprint density at radius 2 is 1.69 bits per heavy atom. The number of sulfone groups is 1. The average Bonchev–Trinajstić information content (AvgIpc) is 3.37. The fourth-order valence-corrected chi connectivity index (χ4v) is 7.15. The number of aromatic hydroxyl groups is 1. The van der Waals surface area contributed by atoms with Gasteiger partial charge < -0.3 is 9.84 Å². The fourth-order valence-electron chi connectivity index (χ4n) is 3.22. The normalized spacial score (nSPS) is 11.8. The molecule has 0 unspecified atom stereocenters. The summed E-state index contributed by atoms with van der Waals surface area (Å²) in [7, 11) is -8.01. The number of nitrogens with zero attached hydrogens (tertiary/aromatic N) is 3. The fraction of sp³-hybridized carbons (Fsp3) is 0.227. The number of phenols is 1. The molecule has 39 heavy (non-hydrogen) atoms. The molecular weight excluding hydrogens is 576 g/mol. The predicted octanol–water partition coefficient (Wildman–Crippen LogP) is 2.42. The number of nitro groups is 1. The Balaban J connectivity index is 1.67. The molecule has 0 spiro atoms. The summed E-state index contributed by atoms with van der Waals surface area (Å²) < 4.78 is 56.7. The Labute approximate surface area is 227 Å². The SMILES string of the molecule is CCN(CC)S(=O)(=O)c1ccc(O)c(C(=O)OCC(=O)Nc2ncc(S(=O)(=O)c3ccc([N+](=O)[O-])cc3)s2)c1. The minimum absolute atomic E-state index is 0.133. The molecule has 2 aromatic carbocycles. The summed E-state index contributed by atoms with van der Waals surface area (Å²) in [4.78, 5) is 38.2. The number of phenolic OH excluding ortho intramolecular Hbond substituents is 1. The molecule has 0 saturated carbocycles. The number of esters is 1. The second-order valence-electron chi connectivity index (χ2n) is 7.63. The van der Waals surface area contributed by atoms with Gasteiger partial charge in [-0.15, -0.1) is 0 Å². The Hall–Kier alpha value is -3.93. The first-order chi connectivity index (χ1) is 18.3. The van der Waals surface area contributed by atoms with E-state index < -0.39 is 54.6 Å². The number of hydrogen-bond acceptors (Lipinski definition) is 12. The number of carbonyl (C=O) groups excluding carboxylic acids is 2. The third-order valence-electron chi connectivity index (χ3n) is 5.22. The summed E-state index contributed by atoms with van der Waals surface area (Å²) in [5.74, 6) is -2.61. The molecule has 0 bridgehead atoms. The third-order valence-corrected chi connectivity index (χ3v) is 10.4. The van der Waals surface area contributed by atoms with E-state index in [9.17, 15) is 41.6 Å². The first kappa shape index (κ1) is 29.6. The molecule has 208 valence electrons. The maximum absolute atomic E-state index is 12.7. The van der Waals surface area contributed by atoms with Gasteiger partial charge in [-0.05, 0) is 30.3 Å². The summed E-state index contributed by atoms with van der Waals surface area (Å²) in [5.41, 5.74) is -0.756. The third kappa shape index (κ3) is 6.56.